The van der Waals surface area contributed by atoms with Crippen LogP contribution in [-0.4, -0.2) is 31.3 Å². The van der Waals surface area contributed by atoms with Crippen molar-refractivity contribution in [1.82, 2.24) is 19.8 Å². The van der Waals surface area contributed by atoms with Crippen molar-refractivity contribution in [1.29, 1.82) is 0 Å². The molecule has 0 aliphatic rings. The summed E-state index contributed by atoms with van der Waals surface area (Å²) in [6, 6.07) is 3.53. The van der Waals surface area contributed by atoms with Crippen molar-refractivity contribution in [2.75, 3.05) is 13.1 Å². The van der Waals surface area contributed by atoms with Crippen molar-refractivity contribution < 1.29 is 8.42 Å². The summed E-state index contributed by atoms with van der Waals surface area (Å²) in [5.41, 5.74) is 0. The van der Waals surface area contributed by atoms with Crippen LogP contribution in [0.3, 0.4) is 0 Å². The van der Waals surface area contributed by atoms with E-state index >= 15 is 0 Å². The molecule has 0 aromatic carbocycles. The predicted octanol–water partition coefficient (Wildman–Crippen LogP) is 1.42. The van der Waals surface area contributed by atoms with E-state index in [1.54, 1.807) is 28.5 Å². The Balaban J connectivity index is 1.86. The van der Waals surface area contributed by atoms with Crippen molar-refractivity contribution in [3.63, 3.8) is 0 Å². The van der Waals surface area contributed by atoms with E-state index in [-0.39, 0.29) is 0 Å². The van der Waals surface area contributed by atoms with Crippen molar-refractivity contribution in [3.05, 3.63) is 34.8 Å². The number of nitrogens with zero attached hydrogens (tertiary/aromatic N) is 2. The van der Waals surface area contributed by atoms with Gasteiger partial charge in [0.05, 0.1) is 11.4 Å². The lowest BCUT2D eigenvalue weighted by Gasteiger charge is -2.05. The van der Waals surface area contributed by atoms with Crippen molar-refractivity contribution in [2.24, 2.45) is 0 Å². The summed E-state index contributed by atoms with van der Waals surface area (Å²) in [6.45, 7) is 4.58. The third-order valence-corrected chi connectivity index (χ3v) is 5.38. The number of hydrogen-bond acceptors (Lipinski definition) is 5. The molecule has 0 amide bonds. The first-order chi connectivity index (χ1) is 10.1. The van der Waals surface area contributed by atoms with Crippen molar-refractivity contribution in [3.8, 4) is 0 Å². The summed E-state index contributed by atoms with van der Waals surface area (Å²) in [6.07, 6.45) is 4.53. The molecule has 2 N–H and O–H groups in total. The van der Waals surface area contributed by atoms with E-state index in [4.69, 9.17) is 0 Å². The summed E-state index contributed by atoms with van der Waals surface area (Å²) in [7, 11) is -3.43. The van der Waals surface area contributed by atoms with Gasteiger partial charge in [0.2, 0.25) is 10.0 Å². The van der Waals surface area contributed by atoms with Crippen LogP contribution in [0.25, 0.3) is 0 Å². The first-order valence-corrected chi connectivity index (χ1v) is 9.23. The van der Waals surface area contributed by atoms with Gasteiger partial charge in [-0.05, 0) is 25.1 Å². The van der Waals surface area contributed by atoms with Crippen LogP contribution in [0.5, 0.6) is 0 Å². The second kappa shape index (κ2) is 7.69. The van der Waals surface area contributed by atoms with Gasteiger partial charge in [0.25, 0.3) is 0 Å². The van der Waals surface area contributed by atoms with Gasteiger partial charge in [0.1, 0.15) is 0 Å². The summed E-state index contributed by atoms with van der Waals surface area (Å²) >= 11 is 1.46. The summed E-state index contributed by atoms with van der Waals surface area (Å²) in [5.74, 6) is 0. The molecule has 0 spiro atoms. The van der Waals surface area contributed by atoms with E-state index in [1.165, 1.54) is 11.3 Å². The van der Waals surface area contributed by atoms with E-state index in [0.717, 1.165) is 17.8 Å². The fraction of sp³-hybridized carbons (Fsp3) is 0.462. The molecule has 0 fully saturated rings. The van der Waals surface area contributed by atoms with Gasteiger partial charge in [-0.25, -0.2) is 13.1 Å². The average Bonchev–Trinajstić information content (AvgIpc) is 3.10. The first-order valence-electron chi connectivity index (χ1n) is 6.87. The molecule has 0 bridgehead atoms. The van der Waals surface area contributed by atoms with Crippen LogP contribution >= 0.6 is 11.3 Å². The van der Waals surface area contributed by atoms with Gasteiger partial charge in [0.15, 0.2) is 0 Å². The normalized spacial score (nSPS) is 11.9. The molecule has 6 nitrogen and oxygen atoms in total. The second-order valence-electron chi connectivity index (χ2n) is 4.59. The average molecular weight is 328 g/mol. The molecule has 0 unspecified atom stereocenters. The minimum atomic E-state index is -3.43. The monoisotopic (exact) mass is 328 g/mol. The fourth-order valence-corrected chi connectivity index (χ4v) is 4.06. The van der Waals surface area contributed by atoms with E-state index in [9.17, 15) is 8.42 Å². The van der Waals surface area contributed by atoms with Crippen LogP contribution in [0.15, 0.2) is 34.8 Å². The number of hydrogen-bond donors (Lipinski definition) is 2. The topological polar surface area (TPSA) is 76.0 Å². The Morgan fingerprint density at radius 2 is 2.24 bits per heavy atom. The molecule has 2 aromatic heterocycles. The molecule has 21 heavy (non-hydrogen) atoms. The molecule has 2 heterocycles. The largest absolute Gasteiger partial charge is 0.312 e. The van der Waals surface area contributed by atoms with Gasteiger partial charge in [-0.1, -0.05) is 6.92 Å². The third-order valence-electron chi connectivity index (χ3n) is 2.86. The molecule has 0 aliphatic carbocycles. The maximum atomic E-state index is 12.1. The van der Waals surface area contributed by atoms with Crippen molar-refractivity contribution in [2.45, 2.75) is 31.3 Å². The molecule has 116 valence electrons. The van der Waals surface area contributed by atoms with E-state index in [0.29, 0.717) is 24.5 Å². The van der Waals surface area contributed by atoms with E-state index in [1.807, 2.05) is 6.07 Å². The Morgan fingerprint density at radius 3 is 2.95 bits per heavy atom. The van der Waals surface area contributed by atoms with Gasteiger partial charge in [-0.2, -0.15) is 5.10 Å². The molecular formula is C13H20N4O2S2. The van der Waals surface area contributed by atoms with Crippen LogP contribution in [0, 0.1) is 0 Å². The Bertz CT molecular complexity index is 635. The standard InChI is InChI=1S/C13H20N4O2S2/c1-2-4-14-10-12-9-13(11-20-12)21(18,19)16-6-8-17-7-3-5-15-17/h3,5,7,9,11,14,16H,2,4,6,8,10H2,1H3. The number of thiophene rings is 1. The van der Waals surface area contributed by atoms with E-state index < -0.39 is 10.0 Å². The molecule has 2 rings (SSSR count). The molecule has 0 radical (unpaired) electrons. The highest BCUT2D eigenvalue weighted by atomic mass is 32.2. The van der Waals surface area contributed by atoms with Crippen molar-refractivity contribution >= 4 is 21.4 Å². The highest BCUT2D eigenvalue weighted by Crippen LogP contribution is 2.18. The van der Waals surface area contributed by atoms with Crippen LogP contribution in [0.2, 0.25) is 0 Å². The predicted molar refractivity (Wildman–Crippen MR) is 83.7 cm³/mol. The molecule has 0 atom stereocenters. The highest BCUT2D eigenvalue weighted by Gasteiger charge is 2.15. The van der Waals surface area contributed by atoms with E-state index in [2.05, 4.69) is 22.1 Å². The number of sulfonamides is 1. The molecule has 8 heteroatoms. The third kappa shape index (κ3) is 4.92. The fourth-order valence-electron chi connectivity index (χ4n) is 1.79. The SMILES string of the molecule is CCCNCc1cc(S(=O)(=O)NCCn2cccn2)cs1. The first kappa shape index (κ1) is 16.2. The zero-order valence-electron chi connectivity index (χ0n) is 11.9. The molecule has 0 saturated heterocycles. The lowest BCUT2D eigenvalue weighted by molar-refractivity contribution is 0.561. The zero-order valence-corrected chi connectivity index (χ0v) is 13.6. The van der Waals surface area contributed by atoms with Gasteiger partial charge in [-0.3, -0.25) is 4.68 Å². The number of nitrogens with one attached hydrogen (secondary N) is 2. The lowest BCUT2D eigenvalue weighted by Crippen LogP contribution is -2.27. The number of rotatable bonds is 9. The van der Waals surface area contributed by atoms with Crippen LogP contribution in [0.1, 0.15) is 18.2 Å². The Morgan fingerprint density at radius 1 is 1.38 bits per heavy atom. The number of aromatic nitrogens is 2. The van der Waals surface area contributed by atoms with Gasteiger partial charge < -0.3 is 5.32 Å². The highest BCUT2D eigenvalue weighted by molar-refractivity contribution is 7.89. The minimum absolute atomic E-state index is 0.323. The summed E-state index contributed by atoms with van der Waals surface area (Å²) in [5, 5.41) is 8.97. The quantitative estimate of drug-likeness (QED) is 0.683. The van der Waals surface area contributed by atoms with Gasteiger partial charge in [-0.15, -0.1) is 11.3 Å². The van der Waals surface area contributed by atoms with Crippen LogP contribution in [0.4, 0.5) is 0 Å². The Hall–Kier alpha value is -1.22. The Labute approximate surface area is 129 Å². The zero-order chi connectivity index (χ0) is 15.1. The molecule has 0 aliphatic heterocycles. The molecule has 0 saturated carbocycles. The summed E-state index contributed by atoms with van der Waals surface area (Å²) < 4.78 is 28.6. The smallest absolute Gasteiger partial charge is 0.241 e. The second-order valence-corrected chi connectivity index (χ2v) is 7.36. The van der Waals surface area contributed by atoms with Gasteiger partial charge in [0, 0.05) is 35.7 Å². The van der Waals surface area contributed by atoms with Crippen LogP contribution in [-0.2, 0) is 23.1 Å². The summed E-state index contributed by atoms with van der Waals surface area (Å²) in [4.78, 5) is 1.36. The van der Waals surface area contributed by atoms with Crippen LogP contribution < -0.4 is 10.0 Å². The maximum Gasteiger partial charge on any atom is 0.241 e. The Kier molecular flexibility index (Phi) is 5.92. The van der Waals surface area contributed by atoms with Gasteiger partial charge >= 0.3 is 0 Å². The molecule has 2 aromatic rings. The lowest BCUT2D eigenvalue weighted by atomic mass is 10.4. The minimum Gasteiger partial charge on any atom is -0.312 e. The molecular weight excluding hydrogens is 308 g/mol. The maximum absolute atomic E-state index is 12.1.